The minimum Gasteiger partial charge on any atom is -0.508 e. The smallest absolute Gasteiger partial charge is 0.313 e. The first-order valence-electron chi connectivity index (χ1n) is 9.13. The number of hydrogen-bond donors (Lipinski definition) is 1. The van der Waals surface area contributed by atoms with E-state index >= 15 is 0 Å². The molecule has 0 aromatic heterocycles. The average Bonchev–Trinajstić information content (AvgIpc) is 2.63. The van der Waals surface area contributed by atoms with E-state index in [9.17, 15) is 9.90 Å². The van der Waals surface area contributed by atoms with Crippen molar-refractivity contribution in [1.29, 1.82) is 0 Å². The molecule has 0 heterocycles. The highest BCUT2D eigenvalue weighted by Crippen LogP contribution is 2.45. The summed E-state index contributed by atoms with van der Waals surface area (Å²) >= 11 is 0. The highest BCUT2D eigenvalue weighted by atomic mass is 16.5. The van der Waals surface area contributed by atoms with E-state index in [1.807, 2.05) is 38.1 Å². The first-order valence-corrected chi connectivity index (χ1v) is 9.13. The number of carbonyl (C=O) groups is 1. The van der Waals surface area contributed by atoms with Gasteiger partial charge >= 0.3 is 5.97 Å². The lowest BCUT2D eigenvalue weighted by Gasteiger charge is -2.38. The van der Waals surface area contributed by atoms with E-state index in [1.165, 1.54) is 30.4 Å². The molecule has 2 aromatic carbocycles. The summed E-state index contributed by atoms with van der Waals surface area (Å²) in [5, 5.41) is 9.63. The summed E-state index contributed by atoms with van der Waals surface area (Å²) in [7, 11) is 0. The molecule has 0 radical (unpaired) electrons. The van der Waals surface area contributed by atoms with Gasteiger partial charge in [-0.3, -0.25) is 4.79 Å². The number of phenols is 1. The van der Waals surface area contributed by atoms with Crippen molar-refractivity contribution in [2.24, 2.45) is 5.92 Å². The number of carbonyl (C=O) groups excluding carboxylic acids is 1. The third-order valence-electron chi connectivity index (χ3n) is 5.22. The molecule has 0 aliphatic heterocycles. The Morgan fingerprint density at radius 2 is 1.44 bits per heavy atom. The van der Waals surface area contributed by atoms with E-state index in [-0.39, 0.29) is 17.3 Å². The molecule has 3 heteroatoms. The van der Waals surface area contributed by atoms with E-state index in [4.69, 9.17) is 4.74 Å². The molecule has 1 saturated carbocycles. The minimum atomic E-state index is -0.210. The van der Waals surface area contributed by atoms with Gasteiger partial charge in [0, 0.05) is 5.41 Å². The molecule has 2 aromatic rings. The van der Waals surface area contributed by atoms with E-state index in [0.717, 1.165) is 12.8 Å². The zero-order chi connectivity index (χ0) is 17.9. The Morgan fingerprint density at radius 1 is 0.920 bits per heavy atom. The van der Waals surface area contributed by atoms with E-state index < -0.39 is 0 Å². The van der Waals surface area contributed by atoms with Crippen molar-refractivity contribution in [2.75, 3.05) is 0 Å². The zero-order valence-corrected chi connectivity index (χ0v) is 15.0. The lowest BCUT2D eigenvalue weighted by Crippen LogP contribution is -2.30. The molecule has 1 fully saturated rings. The molecule has 0 spiro atoms. The Hall–Kier alpha value is -2.29. The van der Waals surface area contributed by atoms with Crippen molar-refractivity contribution in [3.8, 4) is 11.5 Å². The summed E-state index contributed by atoms with van der Waals surface area (Å²) in [6.07, 6.45) is 5.87. The van der Waals surface area contributed by atoms with Crippen LogP contribution in [0.1, 0.15) is 57.1 Å². The Kier molecular flexibility index (Phi) is 5.12. The Labute approximate surface area is 149 Å². The Bertz CT molecular complexity index is 708. The molecule has 1 aliphatic carbocycles. The SMILES string of the molecule is CC(C)C(=O)Oc1ccc(C2(c3ccc(O)cc3)CCCCC2)cc1. The van der Waals surface area contributed by atoms with Gasteiger partial charge in [0.05, 0.1) is 5.92 Å². The summed E-state index contributed by atoms with van der Waals surface area (Å²) in [6.45, 7) is 3.66. The van der Waals surface area contributed by atoms with Crippen molar-refractivity contribution in [3.63, 3.8) is 0 Å². The van der Waals surface area contributed by atoms with Crippen LogP contribution in [-0.2, 0) is 10.2 Å². The number of benzene rings is 2. The predicted molar refractivity (Wildman–Crippen MR) is 98.9 cm³/mol. The molecule has 0 atom stereocenters. The normalized spacial score (nSPS) is 16.6. The topological polar surface area (TPSA) is 46.5 Å². The molecule has 1 aliphatic rings. The summed E-state index contributed by atoms with van der Waals surface area (Å²) < 4.78 is 5.40. The van der Waals surface area contributed by atoms with Gasteiger partial charge in [0.25, 0.3) is 0 Å². The summed E-state index contributed by atoms with van der Waals surface area (Å²) in [5.74, 6) is 0.546. The summed E-state index contributed by atoms with van der Waals surface area (Å²) in [4.78, 5) is 11.8. The van der Waals surface area contributed by atoms with Crippen molar-refractivity contribution in [1.82, 2.24) is 0 Å². The number of phenolic OH excluding ortho intramolecular Hbond substituents is 1. The summed E-state index contributed by atoms with van der Waals surface area (Å²) in [6, 6.07) is 15.6. The number of rotatable bonds is 4. The van der Waals surface area contributed by atoms with Crippen molar-refractivity contribution in [3.05, 3.63) is 59.7 Å². The lowest BCUT2D eigenvalue weighted by molar-refractivity contribution is -0.137. The van der Waals surface area contributed by atoms with Crippen LogP contribution in [0.3, 0.4) is 0 Å². The van der Waals surface area contributed by atoms with Crippen LogP contribution in [0.4, 0.5) is 0 Å². The third kappa shape index (κ3) is 3.71. The fourth-order valence-corrected chi connectivity index (χ4v) is 3.76. The molecular weight excluding hydrogens is 312 g/mol. The molecule has 1 N–H and O–H groups in total. The molecule has 3 rings (SSSR count). The fourth-order valence-electron chi connectivity index (χ4n) is 3.76. The molecule has 25 heavy (non-hydrogen) atoms. The second-order valence-corrected chi connectivity index (χ2v) is 7.29. The van der Waals surface area contributed by atoms with Gasteiger partial charge in [-0.15, -0.1) is 0 Å². The van der Waals surface area contributed by atoms with Gasteiger partial charge in [-0.25, -0.2) is 0 Å². The number of aromatic hydroxyl groups is 1. The van der Waals surface area contributed by atoms with Crippen molar-refractivity contribution < 1.29 is 14.6 Å². The number of hydrogen-bond acceptors (Lipinski definition) is 3. The maximum atomic E-state index is 11.8. The van der Waals surface area contributed by atoms with Crippen LogP contribution in [0.15, 0.2) is 48.5 Å². The second kappa shape index (κ2) is 7.30. The molecule has 0 unspecified atom stereocenters. The Balaban J connectivity index is 1.91. The van der Waals surface area contributed by atoms with Crippen LogP contribution in [0.25, 0.3) is 0 Å². The highest BCUT2D eigenvalue weighted by molar-refractivity contribution is 5.74. The maximum Gasteiger partial charge on any atom is 0.313 e. The monoisotopic (exact) mass is 338 g/mol. The van der Waals surface area contributed by atoms with Gasteiger partial charge in [0.1, 0.15) is 11.5 Å². The van der Waals surface area contributed by atoms with E-state index in [0.29, 0.717) is 11.5 Å². The third-order valence-corrected chi connectivity index (χ3v) is 5.22. The number of esters is 1. The first kappa shape index (κ1) is 17.5. The average molecular weight is 338 g/mol. The van der Waals surface area contributed by atoms with Crippen LogP contribution in [0, 0.1) is 5.92 Å². The predicted octanol–water partition coefficient (Wildman–Crippen LogP) is 5.20. The van der Waals surface area contributed by atoms with Crippen molar-refractivity contribution in [2.45, 2.75) is 51.4 Å². The fraction of sp³-hybridized carbons (Fsp3) is 0.409. The van der Waals surface area contributed by atoms with Crippen LogP contribution in [-0.4, -0.2) is 11.1 Å². The lowest BCUT2D eigenvalue weighted by atomic mass is 9.65. The molecular formula is C22H26O3. The van der Waals surface area contributed by atoms with Crippen LogP contribution in [0.2, 0.25) is 0 Å². The molecule has 0 amide bonds. The standard InChI is InChI=1S/C22H26O3/c1-16(2)21(24)25-20-12-8-18(9-13-20)22(14-4-3-5-15-22)17-6-10-19(23)11-7-17/h6-13,16,23H,3-5,14-15H2,1-2H3. The van der Waals surface area contributed by atoms with Crippen LogP contribution in [0.5, 0.6) is 11.5 Å². The highest BCUT2D eigenvalue weighted by Gasteiger charge is 2.35. The molecule has 0 saturated heterocycles. The van der Waals surface area contributed by atoms with Gasteiger partial charge < -0.3 is 9.84 Å². The molecule has 3 nitrogen and oxygen atoms in total. The van der Waals surface area contributed by atoms with E-state index in [2.05, 4.69) is 12.1 Å². The maximum absolute atomic E-state index is 11.8. The summed E-state index contributed by atoms with van der Waals surface area (Å²) in [5.41, 5.74) is 2.48. The van der Waals surface area contributed by atoms with Gasteiger partial charge in [-0.05, 0) is 48.2 Å². The van der Waals surface area contributed by atoms with Crippen LogP contribution < -0.4 is 4.74 Å². The molecule has 0 bridgehead atoms. The second-order valence-electron chi connectivity index (χ2n) is 7.29. The minimum absolute atomic E-state index is 0.0213. The van der Waals surface area contributed by atoms with Gasteiger partial charge in [-0.1, -0.05) is 57.4 Å². The van der Waals surface area contributed by atoms with Crippen molar-refractivity contribution >= 4 is 5.97 Å². The molecule has 132 valence electrons. The number of ether oxygens (including phenoxy) is 1. The largest absolute Gasteiger partial charge is 0.508 e. The van der Waals surface area contributed by atoms with Gasteiger partial charge in [0.2, 0.25) is 0 Å². The first-order chi connectivity index (χ1) is 12.0. The quantitative estimate of drug-likeness (QED) is 0.615. The van der Waals surface area contributed by atoms with E-state index in [1.54, 1.807) is 12.1 Å². The Morgan fingerprint density at radius 3 is 1.96 bits per heavy atom. The van der Waals surface area contributed by atoms with Crippen LogP contribution >= 0.6 is 0 Å². The van der Waals surface area contributed by atoms with Gasteiger partial charge in [0.15, 0.2) is 0 Å². The zero-order valence-electron chi connectivity index (χ0n) is 15.0. The van der Waals surface area contributed by atoms with Gasteiger partial charge in [-0.2, -0.15) is 0 Å².